The second-order valence-electron chi connectivity index (χ2n) is 6.53. The average molecular weight is 366 g/mol. The number of carbonyl (C=O) groups is 1. The summed E-state index contributed by atoms with van der Waals surface area (Å²) in [7, 11) is 1.80. The highest BCUT2D eigenvalue weighted by Gasteiger charge is 2.30. The van der Waals surface area contributed by atoms with Gasteiger partial charge in [-0.1, -0.05) is 12.1 Å². The van der Waals surface area contributed by atoms with Crippen LogP contribution in [0.15, 0.2) is 30.5 Å². The molecule has 0 atom stereocenters. The van der Waals surface area contributed by atoms with Gasteiger partial charge in [-0.05, 0) is 24.6 Å². The normalized spacial score (nSPS) is 16.1. The van der Waals surface area contributed by atoms with Gasteiger partial charge >= 0.3 is 6.18 Å². The summed E-state index contributed by atoms with van der Waals surface area (Å²) in [6.45, 7) is 4.99. The third-order valence-electron chi connectivity index (χ3n) is 4.81. The Kier molecular flexibility index (Phi) is 5.04. The lowest BCUT2D eigenvalue weighted by Crippen LogP contribution is -2.48. The Labute approximate surface area is 150 Å². The number of halogens is 3. The number of benzene rings is 1. The molecule has 1 aromatic heterocycles. The second-order valence-corrected chi connectivity index (χ2v) is 6.53. The van der Waals surface area contributed by atoms with Gasteiger partial charge in [-0.3, -0.25) is 14.4 Å². The fraction of sp³-hybridized carbons (Fsp3) is 0.444. The van der Waals surface area contributed by atoms with Gasteiger partial charge in [0.25, 0.3) is 5.91 Å². The lowest BCUT2D eigenvalue weighted by molar-refractivity contribution is -0.137. The summed E-state index contributed by atoms with van der Waals surface area (Å²) in [5.74, 6) is -0.0234. The van der Waals surface area contributed by atoms with Crippen LogP contribution in [0.2, 0.25) is 0 Å². The minimum atomic E-state index is -4.31. The summed E-state index contributed by atoms with van der Waals surface area (Å²) in [5.41, 5.74) is 1.65. The maximum atomic E-state index is 12.6. The fourth-order valence-electron chi connectivity index (χ4n) is 3.05. The van der Waals surface area contributed by atoms with Crippen molar-refractivity contribution >= 4 is 5.91 Å². The fourth-order valence-corrected chi connectivity index (χ4v) is 3.05. The van der Waals surface area contributed by atoms with Gasteiger partial charge in [0.05, 0.1) is 17.3 Å². The van der Waals surface area contributed by atoms with Gasteiger partial charge in [-0.25, -0.2) is 0 Å². The monoisotopic (exact) mass is 366 g/mol. The Morgan fingerprint density at radius 1 is 1.12 bits per heavy atom. The van der Waals surface area contributed by atoms with Crippen LogP contribution >= 0.6 is 0 Å². The Hall–Kier alpha value is -2.35. The molecule has 0 spiro atoms. The molecule has 5 nitrogen and oxygen atoms in total. The van der Waals surface area contributed by atoms with Crippen molar-refractivity contribution in [1.29, 1.82) is 0 Å². The Bertz CT molecular complexity index is 775. The maximum Gasteiger partial charge on any atom is 0.416 e. The van der Waals surface area contributed by atoms with Crippen LogP contribution in [0.4, 0.5) is 13.2 Å². The number of rotatable bonds is 3. The molecule has 0 saturated carbocycles. The van der Waals surface area contributed by atoms with E-state index in [9.17, 15) is 18.0 Å². The molecule has 26 heavy (non-hydrogen) atoms. The van der Waals surface area contributed by atoms with Gasteiger partial charge in [0.15, 0.2) is 0 Å². The lowest BCUT2D eigenvalue weighted by atomic mass is 10.1. The smallest absolute Gasteiger partial charge is 0.336 e. The third kappa shape index (κ3) is 3.90. The van der Waals surface area contributed by atoms with Crippen molar-refractivity contribution in [3.05, 3.63) is 52.8 Å². The quantitative estimate of drug-likeness (QED) is 0.839. The molecule has 8 heteroatoms. The molecule has 1 aliphatic heterocycles. The first-order chi connectivity index (χ1) is 12.3. The van der Waals surface area contributed by atoms with Gasteiger partial charge in [0, 0.05) is 45.5 Å². The molecule has 1 aromatic carbocycles. The highest BCUT2D eigenvalue weighted by Crippen LogP contribution is 2.29. The number of hydrogen-bond donors (Lipinski definition) is 0. The minimum Gasteiger partial charge on any atom is -0.336 e. The average Bonchev–Trinajstić information content (AvgIpc) is 2.94. The zero-order valence-electron chi connectivity index (χ0n) is 14.8. The molecule has 0 radical (unpaired) electrons. The number of amides is 1. The van der Waals surface area contributed by atoms with Crippen molar-refractivity contribution in [3.8, 4) is 0 Å². The zero-order valence-corrected chi connectivity index (χ0v) is 14.8. The zero-order chi connectivity index (χ0) is 18.9. The lowest BCUT2D eigenvalue weighted by Gasteiger charge is -2.34. The molecule has 1 saturated heterocycles. The number of hydrogen-bond acceptors (Lipinski definition) is 3. The maximum absolute atomic E-state index is 12.6. The number of carbonyl (C=O) groups excluding carboxylic acids is 1. The van der Waals surface area contributed by atoms with Crippen LogP contribution in [0.3, 0.4) is 0 Å². The highest BCUT2D eigenvalue weighted by atomic mass is 19.4. The first-order valence-electron chi connectivity index (χ1n) is 8.42. The molecular formula is C18H21F3N4O. The van der Waals surface area contributed by atoms with E-state index in [1.807, 2.05) is 6.92 Å². The van der Waals surface area contributed by atoms with Crippen LogP contribution in [0.5, 0.6) is 0 Å². The summed E-state index contributed by atoms with van der Waals surface area (Å²) in [4.78, 5) is 16.5. The molecule has 2 aromatic rings. The number of aryl methyl sites for hydroxylation is 1. The summed E-state index contributed by atoms with van der Waals surface area (Å²) in [5, 5.41) is 4.11. The molecule has 0 N–H and O–H groups in total. The molecule has 0 bridgehead atoms. The number of piperazine rings is 1. The van der Waals surface area contributed by atoms with Crippen molar-refractivity contribution in [2.75, 3.05) is 26.2 Å². The van der Waals surface area contributed by atoms with E-state index < -0.39 is 11.7 Å². The van der Waals surface area contributed by atoms with E-state index >= 15 is 0 Å². The molecule has 0 unspecified atom stereocenters. The standard InChI is InChI=1S/C18H21F3N4O/c1-13-16(11-22-23(13)2)17(26)25-9-7-24(8-10-25)12-14-3-5-15(6-4-14)18(19,20)21/h3-6,11H,7-10,12H2,1-2H3. The highest BCUT2D eigenvalue weighted by molar-refractivity contribution is 5.95. The van der Waals surface area contributed by atoms with Crippen molar-refractivity contribution in [2.45, 2.75) is 19.6 Å². The number of nitrogens with zero attached hydrogens (tertiary/aromatic N) is 4. The van der Waals surface area contributed by atoms with Crippen LogP contribution in [0.1, 0.15) is 27.2 Å². The first kappa shape index (κ1) is 18.4. The van der Waals surface area contributed by atoms with Crippen LogP contribution in [-0.2, 0) is 19.8 Å². The van der Waals surface area contributed by atoms with Gasteiger partial charge < -0.3 is 4.90 Å². The van der Waals surface area contributed by atoms with E-state index in [4.69, 9.17) is 0 Å². The first-order valence-corrected chi connectivity index (χ1v) is 8.42. The summed E-state index contributed by atoms with van der Waals surface area (Å²) in [6.07, 6.45) is -2.72. The second kappa shape index (κ2) is 7.11. The van der Waals surface area contributed by atoms with E-state index in [0.717, 1.165) is 23.4 Å². The topological polar surface area (TPSA) is 41.4 Å². The Balaban J connectivity index is 1.55. The predicted molar refractivity (Wildman–Crippen MR) is 90.6 cm³/mol. The van der Waals surface area contributed by atoms with E-state index in [1.165, 1.54) is 12.1 Å². The third-order valence-corrected chi connectivity index (χ3v) is 4.81. The van der Waals surface area contributed by atoms with E-state index in [0.29, 0.717) is 38.3 Å². The summed E-state index contributed by atoms with van der Waals surface area (Å²) >= 11 is 0. The van der Waals surface area contributed by atoms with Gasteiger partial charge in [0.1, 0.15) is 0 Å². The minimum absolute atomic E-state index is 0.0234. The van der Waals surface area contributed by atoms with Crippen LogP contribution in [0, 0.1) is 6.92 Å². The van der Waals surface area contributed by atoms with Crippen molar-refractivity contribution in [2.24, 2.45) is 7.05 Å². The largest absolute Gasteiger partial charge is 0.416 e. The summed E-state index contributed by atoms with van der Waals surface area (Å²) < 4.78 is 39.5. The SMILES string of the molecule is Cc1c(C(=O)N2CCN(Cc3ccc(C(F)(F)F)cc3)CC2)cnn1C. The molecule has 1 amide bonds. The molecule has 1 fully saturated rings. The number of aromatic nitrogens is 2. The predicted octanol–water partition coefficient (Wildman–Crippen LogP) is 2.71. The van der Waals surface area contributed by atoms with Gasteiger partial charge in [0.2, 0.25) is 0 Å². The van der Waals surface area contributed by atoms with E-state index in [-0.39, 0.29) is 5.91 Å². The van der Waals surface area contributed by atoms with Crippen molar-refractivity contribution in [1.82, 2.24) is 19.6 Å². The summed E-state index contributed by atoms with van der Waals surface area (Å²) in [6, 6.07) is 5.25. The van der Waals surface area contributed by atoms with Gasteiger partial charge in [-0.15, -0.1) is 0 Å². The van der Waals surface area contributed by atoms with E-state index in [1.54, 1.807) is 22.8 Å². The Morgan fingerprint density at radius 2 is 1.73 bits per heavy atom. The molecule has 0 aliphatic carbocycles. The van der Waals surface area contributed by atoms with Gasteiger partial charge in [-0.2, -0.15) is 18.3 Å². The molecule has 1 aliphatic rings. The van der Waals surface area contributed by atoms with Crippen LogP contribution < -0.4 is 0 Å². The molecule has 140 valence electrons. The number of alkyl halides is 3. The molecular weight excluding hydrogens is 345 g/mol. The molecule has 3 rings (SSSR count). The van der Waals surface area contributed by atoms with Crippen LogP contribution in [0.25, 0.3) is 0 Å². The van der Waals surface area contributed by atoms with E-state index in [2.05, 4.69) is 10.00 Å². The Morgan fingerprint density at radius 3 is 2.23 bits per heavy atom. The van der Waals surface area contributed by atoms with Crippen molar-refractivity contribution in [3.63, 3.8) is 0 Å². The van der Waals surface area contributed by atoms with Crippen LogP contribution in [-0.4, -0.2) is 51.7 Å². The molecule has 2 heterocycles. The van der Waals surface area contributed by atoms with Crippen molar-refractivity contribution < 1.29 is 18.0 Å².